The minimum atomic E-state index is -2.78. The Hall–Kier alpha value is -0.600. The Balaban J connectivity index is 1.69. The molecule has 2 rings (SSSR count). The molecular weight excluding hydrogens is 272 g/mol. The van der Waals surface area contributed by atoms with Crippen LogP contribution in [0.25, 0.3) is 0 Å². The first-order chi connectivity index (χ1) is 8.48. The van der Waals surface area contributed by atoms with Crippen LogP contribution >= 0.6 is 11.8 Å². The van der Waals surface area contributed by atoms with E-state index < -0.39 is 9.84 Å². The minimum Gasteiger partial charge on any atom is -0.312 e. The molecule has 1 fully saturated rings. The van der Waals surface area contributed by atoms with Crippen molar-refractivity contribution in [2.24, 2.45) is 7.05 Å². The average molecular weight is 290 g/mol. The first-order valence-corrected chi connectivity index (χ1v) is 8.71. The smallest absolute Gasteiger partial charge is 0.190 e. The molecule has 1 aromatic rings. The van der Waals surface area contributed by atoms with E-state index in [1.54, 1.807) is 11.8 Å². The van der Waals surface area contributed by atoms with E-state index in [2.05, 4.69) is 15.5 Å². The fourth-order valence-corrected chi connectivity index (χ4v) is 4.41. The van der Waals surface area contributed by atoms with Crippen LogP contribution in [0.5, 0.6) is 0 Å². The van der Waals surface area contributed by atoms with Gasteiger partial charge in [-0.3, -0.25) is 0 Å². The van der Waals surface area contributed by atoms with Gasteiger partial charge in [-0.05, 0) is 13.3 Å². The van der Waals surface area contributed by atoms with Gasteiger partial charge in [0, 0.05) is 25.4 Å². The lowest BCUT2D eigenvalue weighted by molar-refractivity contribution is 0.574. The quantitative estimate of drug-likeness (QED) is 0.607. The van der Waals surface area contributed by atoms with Gasteiger partial charge in [0.15, 0.2) is 15.0 Å². The van der Waals surface area contributed by atoms with Crippen LogP contribution in [0.15, 0.2) is 5.16 Å². The molecule has 8 heteroatoms. The largest absolute Gasteiger partial charge is 0.312 e. The Morgan fingerprint density at radius 1 is 1.50 bits per heavy atom. The summed E-state index contributed by atoms with van der Waals surface area (Å²) >= 11 is 1.63. The van der Waals surface area contributed by atoms with E-state index in [0.29, 0.717) is 5.75 Å². The number of hydrogen-bond donors (Lipinski definition) is 1. The van der Waals surface area contributed by atoms with Crippen LogP contribution in [0.4, 0.5) is 0 Å². The van der Waals surface area contributed by atoms with Crippen molar-refractivity contribution in [2.75, 3.05) is 23.8 Å². The predicted octanol–water partition coefficient (Wildman–Crippen LogP) is -0.00768. The van der Waals surface area contributed by atoms with Gasteiger partial charge in [-0.25, -0.2) is 8.42 Å². The molecule has 6 nitrogen and oxygen atoms in total. The number of rotatable bonds is 5. The maximum absolute atomic E-state index is 11.3. The number of aryl methyl sites for hydroxylation is 1. The SMILES string of the molecule is Cc1nnc(SCCNC2CCS(=O)(=O)C2)n1C. The number of hydrogen-bond acceptors (Lipinski definition) is 6. The lowest BCUT2D eigenvalue weighted by Gasteiger charge is -2.09. The minimum absolute atomic E-state index is 0.122. The highest BCUT2D eigenvalue weighted by atomic mass is 32.2. The molecule has 0 aliphatic carbocycles. The van der Waals surface area contributed by atoms with Gasteiger partial charge in [0.05, 0.1) is 11.5 Å². The molecular formula is C10H18N4O2S2. The second-order valence-corrected chi connectivity index (χ2v) is 7.78. The molecule has 2 heterocycles. The molecule has 18 heavy (non-hydrogen) atoms. The second kappa shape index (κ2) is 5.58. The van der Waals surface area contributed by atoms with Crippen LogP contribution in [-0.4, -0.2) is 53.0 Å². The van der Waals surface area contributed by atoms with Gasteiger partial charge in [-0.2, -0.15) is 0 Å². The standard InChI is InChI=1S/C10H18N4O2S2/c1-8-12-13-10(14(8)2)17-5-4-11-9-3-6-18(15,16)7-9/h9,11H,3-7H2,1-2H3. The predicted molar refractivity (Wildman–Crippen MR) is 71.5 cm³/mol. The summed E-state index contributed by atoms with van der Waals surface area (Å²) in [5.41, 5.74) is 0. The molecule has 1 aliphatic heterocycles. The topological polar surface area (TPSA) is 76.9 Å². The molecule has 1 unspecified atom stereocenters. The first kappa shape index (κ1) is 13.8. The third kappa shape index (κ3) is 3.46. The average Bonchev–Trinajstić information content (AvgIpc) is 2.80. The van der Waals surface area contributed by atoms with Crippen molar-refractivity contribution in [1.29, 1.82) is 0 Å². The summed E-state index contributed by atoms with van der Waals surface area (Å²) in [6.07, 6.45) is 0.732. The zero-order chi connectivity index (χ0) is 13.2. The van der Waals surface area contributed by atoms with Crippen molar-refractivity contribution in [1.82, 2.24) is 20.1 Å². The zero-order valence-electron chi connectivity index (χ0n) is 10.6. The van der Waals surface area contributed by atoms with Gasteiger partial charge in [-0.1, -0.05) is 11.8 Å². The fraction of sp³-hybridized carbons (Fsp3) is 0.800. The van der Waals surface area contributed by atoms with Gasteiger partial charge in [0.1, 0.15) is 5.82 Å². The Kier molecular flexibility index (Phi) is 4.29. The molecule has 0 amide bonds. The van der Waals surface area contributed by atoms with Gasteiger partial charge < -0.3 is 9.88 Å². The van der Waals surface area contributed by atoms with Crippen molar-refractivity contribution < 1.29 is 8.42 Å². The van der Waals surface area contributed by atoms with Crippen LogP contribution < -0.4 is 5.32 Å². The molecule has 1 saturated heterocycles. The molecule has 0 saturated carbocycles. The van der Waals surface area contributed by atoms with Crippen LogP contribution in [0.3, 0.4) is 0 Å². The van der Waals surface area contributed by atoms with Gasteiger partial charge >= 0.3 is 0 Å². The monoisotopic (exact) mass is 290 g/mol. The number of nitrogens with one attached hydrogen (secondary N) is 1. The number of nitrogens with zero attached hydrogens (tertiary/aromatic N) is 3. The molecule has 102 valence electrons. The molecule has 1 N–H and O–H groups in total. The molecule has 0 aromatic carbocycles. The van der Waals surface area contributed by atoms with Crippen LogP contribution in [0, 0.1) is 6.92 Å². The van der Waals surface area contributed by atoms with E-state index in [9.17, 15) is 8.42 Å². The third-order valence-corrected chi connectivity index (χ3v) is 5.84. The summed E-state index contributed by atoms with van der Waals surface area (Å²) in [4.78, 5) is 0. The van der Waals surface area contributed by atoms with Gasteiger partial charge in [0.2, 0.25) is 0 Å². The van der Waals surface area contributed by atoms with E-state index in [-0.39, 0.29) is 11.8 Å². The van der Waals surface area contributed by atoms with Gasteiger partial charge in [0.25, 0.3) is 0 Å². The van der Waals surface area contributed by atoms with E-state index in [1.165, 1.54) is 0 Å². The van der Waals surface area contributed by atoms with Crippen molar-refractivity contribution in [3.8, 4) is 0 Å². The number of aromatic nitrogens is 3. The summed E-state index contributed by atoms with van der Waals surface area (Å²) < 4.78 is 24.5. The lowest BCUT2D eigenvalue weighted by atomic mass is 10.3. The molecule has 1 aliphatic rings. The first-order valence-electron chi connectivity index (χ1n) is 5.90. The highest BCUT2D eigenvalue weighted by Crippen LogP contribution is 2.15. The Morgan fingerprint density at radius 3 is 2.83 bits per heavy atom. The Labute approximate surface area is 111 Å². The van der Waals surface area contributed by atoms with Crippen molar-refractivity contribution >= 4 is 21.6 Å². The second-order valence-electron chi connectivity index (χ2n) is 4.49. The van der Waals surface area contributed by atoms with Crippen LogP contribution in [0.2, 0.25) is 0 Å². The highest BCUT2D eigenvalue weighted by Gasteiger charge is 2.26. The highest BCUT2D eigenvalue weighted by molar-refractivity contribution is 7.99. The van der Waals surface area contributed by atoms with E-state index >= 15 is 0 Å². The molecule has 0 spiro atoms. The van der Waals surface area contributed by atoms with Crippen molar-refractivity contribution in [3.63, 3.8) is 0 Å². The van der Waals surface area contributed by atoms with E-state index in [1.807, 2.05) is 18.5 Å². The Bertz CT molecular complexity index is 512. The lowest BCUT2D eigenvalue weighted by Crippen LogP contribution is -2.31. The maximum Gasteiger partial charge on any atom is 0.190 e. The van der Waals surface area contributed by atoms with E-state index in [0.717, 1.165) is 29.7 Å². The van der Waals surface area contributed by atoms with Crippen molar-refractivity contribution in [2.45, 2.75) is 24.5 Å². The Morgan fingerprint density at radius 2 is 2.28 bits per heavy atom. The van der Waals surface area contributed by atoms with Crippen molar-refractivity contribution in [3.05, 3.63) is 5.82 Å². The summed E-state index contributed by atoms with van der Waals surface area (Å²) in [5.74, 6) is 2.36. The zero-order valence-corrected chi connectivity index (χ0v) is 12.2. The number of sulfone groups is 1. The molecule has 0 bridgehead atoms. The molecule has 1 atom stereocenters. The van der Waals surface area contributed by atoms with Crippen LogP contribution in [0.1, 0.15) is 12.2 Å². The maximum atomic E-state index is 11.3. The fourth-order valence-electron chi connectivity index (χ4n) is 1.87. The number of thioether (sulfide) groups is 1. The summed E-state index contributed by atoms with van der Waals surface area (Å²) in [7, 11) is -0.845. The third-order valence-electron chi connectivity index (χ3n) is 3.05. The summed E-state index contributed by atoms with van der Waals surface area (Å²) in [5, 5.41) is 12.2. The van der Waals surface area contributed by atoms with E-state index in [4.69, 9.17) is 0 Å². The van der Waals surface area contributed by atoms with Gasteiger partial charge in [-0.15, -0.1) is 10.2 Å². The molecule has 0 radical (unpaired) electrons. The summed E-state index contributed by atoms with van der Waals surface area (Å²) in [6, 6.07) is 0.122. The summed E-state index contributed by atoms with van der Waals surface area (Å²) in [6.45, 7) is 2.70. The van der Waals surface area contributed by atoms with Crippen LogP contribution in [-0.2, 0) is 16.9 Å². The normalized spacial score (nSPS) is 22.4. The molecule has 1 aromatic heterocycles.